The number of nitrogens with zero attached hydrogens (tertiary/aromatic N) is 1. The van der Waals surface area contributed by atoms with Gasteiger partial charge < -0.3 is 10.6 Å². The van der Waals surface area contributed by atoms with Crippen molar-refractivity contribution in [3.05, 3.63) is 70.2 Å². The van der Waals surface area contributed by atoms with Crippen LogP contribution in [0.1, 0.15) is 27.9 Å². The fourth-order valence-corrected chi connectivity index (χ4v) is 3.33. The zero-order chi connectivity index (χ0) is 19.1. The van der Waals surface area contributed by atoms with Crippen LogP contribution in [0.2, 0.25) is 5.02 Å². The second-order valence-corrected chi connectivity index (χ2v) is 7.12. The largest absolute Gasteiger partial charge is 0.355 e. The van der Waals surface area contributed by atoms with Gasteiger partial charge in [0.05, 0.1) is 6.54 Å². The van der Waals surface area contributed by atoms with Crippen molar-refractivity contribution in [1.29, 1.82) is 0 Å². The first-order chi connectivity index (χ1) is 13.1. The van der Waals surface area contributed by atoms with Crippen LogP contribution in [0, 0.1) is 0 Å². The second kappa shape index (κ2) is 9.53. The molecule has 0 aliphatic carbocycles. The molecule has 0 bridgehead atoms. The van der Waals surface area contributed by atoms with Crippen molar-refractivity contribution in [2.24, 2.45) is 0 Å². The molecule has 6 heteroatoms. The Hall–Kier alpha value is -2.37. The van der Waals surface area contributed by atoms with Gasteiger partial charge in [-0.05, 0) is 48.2 Å². The SMILES string of the molecule is O=C(CNC(=O)c1ccc(Cl)cc1)NCCCN1CCc2ccccc2C1. The number of hydrogen-bond acceptors (Lipinski definition) is 3. The highest BCUT2D eigenvalue weighted by molar-refractivity contribution is 6.30. The molecule has 0 atom stereocenters. The van der Waals surface area contributed by atoms with Crippen LogP contribution >= 0.6 is 11.6 Å². The Kier molecular flexibility index (Phi) is 6.85. The summed E-state index contributed by atoms with van der Waals surface area (Å²) < 4.78 is 0. The molecule has 1 heterocycles. The summed E-state index contributed by atoms with van der Waals surface area (Å²) in [6.07, 6.45) is 1.97. The number of carbonyl (C=O) groups excluding carboxylic acids is 2. The minimum atomic E-state index is -0.284. The van der Waals surface area contributed by atoms with Crippen molar-refractivity contribution >= 4 is 23.4 Å². The van der Waals surface area contributed by atoms with Gasteiger partial charge in [0, 0.05) is 36.8 Å². The first kappa shape index (κ1) is 19.4. The van der Waals surface area contributed by atoms with E-state index in [2.05, 4.69) is 39.8 Å². The Labute approximate surface area is 164 Å². The molecule has 0 fully saturated rings. The maximum Gasteiger partial charge on any atom is 0.251 e. The molecule has 2 amide bonds. The topological polar surface area (TPSA) is 61.4 Å². The molecule has 5 nitrogen and oxygen atoms in total. The van der Waals surface area contributed by atoms with E-state index in [-0.39, 0.29) is 18.4 Å². The number of benzene rings is 2. The zero-order valence-electron chi connectivity index (χ0n) is 15.2. The van der Waals surface area contributed by atoms with Crippen LogP contribution in [0.3, 0.4) is 0 Å². The molecule has 0 unspecified atom stereocenters. The first-order valence-corrected chi connectivity index (χ1v) is 9.59. The molecule has 142 valence electrons. The van der Waals surface area contributed by atoms with E-state index in [1.807, 2.05) is 0 Å². The predicted molar refractivity (Wildman–Crippen MR) is 107 cm³/mol. The number of nitrogens with one attached hydrogen (secondary N) is 2. The van der Waals surface area contributed by atoms with E-state index in [0.29, 0.717) is 17.1 Å². The maximum absolute atomic E-state index is 12.0. The smallest absolute Gasteiger partial charge is 0.251 e. The molecule has 1 aliphatic heterocycles. The van der Waals surface area contributed by atoms with Gasteiger partial charge in [0.15, 0.2) is 0 Å². The van der Waals surface area contributed by atoms with E-state index < -0.39 is 0 Å². The lowest BCUT2D eigenvalue weighted by Gasteiger charge is -2.28. The Morgan fingerprint density at radius 2 is 1.74 bits per heavy atom. The van der Waals surface area contributed by atoms with Crippen LogP contribution in [0.25, 0.3) is 0 Å². The maximum atomic E-state index is 12.0. The third kappa shape index (κ3) is 5.81. The van der Waals surface area contributed by atoms with Crippen molar-refractivity contribution in [2.45, 2.75) is 19.4 Å². The Balaban J connectivity index is 1.31. The van der Waals surface area contributed by atoms with E-state index in [1.165, 1.54) is 11.1 Å². The number of rotatable bonds is 7. The Bertz CT molecular complexity index is 792. The summed E-state index contributed by atoms with van der Waals surface area (Å²) in [5, 5.41) is 6.04. The summed E-state index contributed by atoms with van der Waals surface area (Å²) in [4.78, 5) is 26.3. The molecule has 2 N–H and O–H groups in total. The molecule has 27 heavy (non-hydrogen) atoms. The summed E-state index contributed by atoms with van der Waals surface area (Å²) in [5.41, 5.74) is 3.33. The molecule has 1 aliphatic rings. The van der Waals surface area contributed by atoms with Gasteiger partial charge in [0.2, 0.25) is 5.91 Å². The van der Waals surface area contributed by atoms with Crippen LogP contribution in [0.5, 0.6) is 0 Å². The standard InChI is InChI=1S/C21H24ClN3O2/c22-19-8-6-17(7-9-19)21(27)24-14-20(26)23-11-3-12-25-13-10-16-4-1-2-5-18(16)15-25/h1-2,4-9H,3,10-15H2,(H,23,26)(H,24,27). The highest BCUT2D eigenvalue weighted by Crippen LogP contribution is 2.18. The Morgan fingerprint density at radius 3 is 2.52 bits per heavy atom. The molecule has 0 saturated carbocycles. The fourth-order valence-electron chi connectivity index (χ4n) is 3.20. The number of carbonyl (C=O) groups is 2. The molecular formula is C21H24ClN3O2. The average molecular weight is 386 g/mol. The quantitative estimate of drug-likeness (QED) is 0.720. The monoisotopic (exact) mass is 385 g/mol. The van der Waals surface area contributed by atoms with Crippen molar-refractivity contribution < 1.29 is 9.59 Å². The lowest BCUT2D eigenvalue weighted by molar-refractivity contribution is -0.120. The summed E-state index contributed by atoms with van der Waals surface area (Å²) in [6, 6.07) is 15.1. The molecule has 0 saturated heterocycles. The summed E-state index contributed by atoms with van der Waals surface area (Å²) >= 11 is 5.80. The van der Waals surface area contributed by atoms with Crippen LogP contribution in [-0.4, -0.2) is 42.9 Å². The van der Waals surface area contributed by atoms with Gasteiger partial charge in [-0.2, -0.15) is 0 Å². The summed E-state index contributed by atoms with van der Waals surface area (Å²) in [6.45, 7) is 3.56. The molecule has 2 aromatic rings. The van der Waals surface area contributed by atoms with Gasteiger partial charge in [0.25, 0.3) is 5.91 Å². The van der Waals surface area contributed by atoms with E-state index >= 15 is 0 Å². The lowest BCUT2D eigenvalue weighted by atomic mass is 10.00. The minimum absolute atomic E-state index is 0.0292. The number of hydrogen-bond donors (Lipinski definition) is 2. The third-order valence-corrected chi connectivity index (χ3v) is 4.95. The van der Waals surface area contributed by atoms with Crippen LogP contribution in [-0.2, 0) is 17.8 Å². The summed E-state index contributed by atoms with van der Waals surface area (Å²) in [7, 11) is 0. The van der Waals surface area contributed by atoms with Crippen molar-refractivity contribution in [3.8, 4) is 0 Å². The van der Waals surface area contributed by atoms with E-state index in [1.54, 1.807) is 24.3 Å². The van der Waals surface area contributed by atoms with Crippen LogP contribution < -0.4 is 10.6 Å². The average Bonchev–Trinajstić information content (AvgIpc) is 2.70. The number of fused-ring (bicyclic) bond motifs is 1. The van der Waals surface area contributed by atoms with Crippen molar-refractivity contribution in [3.63, 3.8) is 0 Å². The highest BCUT2D eigenvalue weighted by Gasteiger charge is 2.15. The predicted octanol–water partition coefficient (Wildman–Crippen LogP) is 2.63. The van der Waals surface area contributed by atoms with Gasteiger partial charge in [0.1, 0.15) is 0 Å². The van der Waals surface area contributed by atoms with Gasteiger partial charge >= 0.3 is 0 Å². The molecule has 0 spiro atoms. The molecule has 2 aromatic carbocycles. The number of amides is 2. The van der Waals surface area contributed by atoms with Gasteiger partial charge in [-0.15, -0.1) is 0 Å². The minimum Gasteiger partial charge on any atom is -0.355 e. The van der Waals surface area contributed by atoms with E-state index in [9.17, 15) is 9.59 Å². The van der Waals surface area contributed by atoms with Crippen molar-refractivity contribution in [2.75, 3.05) is 26.2 Å². The first-order valence-electron chi connectivity index (χ1n) is 9.21. The Morgan fingerprint density at radius 1 is 1.00 bits per heavy atom. The van der Waals surface area contributed by atoms with E-state index in [0.717, 1.165) is 32.5 Å². The normalized spacial score (nSPS) is 13.7. The van der Waals surface area contributed by atoms with Gasteiger partial charge in [-0.3, -0.25) is 14.5 Å². The fraction of sp³-hybridized carbons (Fsp3) is 0.333. The highest BCUT2D eigenvalue weighted by atomic mass is 35.5. The molecular weight excluding hydrogens is 362 g/mol. The summed E-state index contributed by atoms with van der Waals surface area (Å²) in [5.74, 6) is -0.463. The lowest BCUT2D eigenvalue weighted by Crippen LogP contribution is -2.38. The van der Waals surface area contributed by atoms with Gasteiger partial charge in [-0.1, -0.05) is 35.9 Å². The number of halogens is 1. The van der Waals surface area contributed by atoms with Gasteiger partial charge in [-0.25, -0.2) is 0 Å². The molecule has 0 radical (unpaired) electrons. The zero-order valence-corrected chi connectivity index (χ0v) is 16.0. The second-order valence-electron chi connectivity index (χ2n) is 6.69. The van der Waals surface area contributed by atoms with Crippen LogP contribution in [0.15, 0.2) is 48.5 Å². The van der Waals surface area contributed by atoms with E-state index in [4.69, 9.17) is 11.6 Å². The third-order valence-electron chi connectivity index (χ3n) is 4.70. The van der Waals surface area contributed by atoms with Crippen LogP contribution in [0.4, 0.5) is 0 Å². The molecule has 3 rings (SSSR count). The molecule has 0 aromatic heterocycles. The van der Waals surface area contributed by atoms with Crippen molar-refractivity contribution in [1.82, 2.24) is 15.5 Å².